The number of rotatable bonds is 1. The van der Waals surface area contributed by atoms with E-state index in [0.29, 0.717) is 0 Å². The summed E-state index contributed by atoms with van der Waals surface area (Å²) < 4.78 is 33.5. The van der Waals surface area contributed by atoms with Gasteiger partial charge in [0.1, 0.15) is 5.82 Å². The second-order valence-corrected chi connectivity index (χ2v) is 3.01. The van der Waals surface area contributed by atoms with Gasteiger partial charge in [-0.3, -0.25) is 4.21 Å². The van der Waals surface area contributed by atoms with Gasteiger partial charge in [-0.2, -0.15) is 0 Å². The fourth-order valence-electron chi connectivity index (χ4n) is 0.768. The van der Waals surface area contributed by atoms with Crippen LogP contribution in [0.2, 0.25) is 0 Å². The molecule has 5 heteroatoms. The average molecular weight is 196 g/mol. The molecule has 0 aromatic heterocycles. The fraction of sp³-hybridized carbons (Fsp3) is 0.143. The second kappa shape index (κ2) is 5.09. The van der Waals surface area contributed by atoms with E-state index in [1.165, 1.54) is 25.1 Å². The van der Waals surface area contributed by atoms with Crippen molar-refractivity contribution in [2.75, 3.05) is 0 Å². The van der Waals surface area contributed by atoms with E-state index in [4.69, 9.17) is 0 Å². The Bertz CT molecular complexity index is 303. The van der Waals surface area contributed by atoms with Gasteiger partial charge < -0.3 is 4.55 Å². The van der Waals surface area contributed by atoms with E-state index in [9.17, 15) is 13.2 Å². The second-order valence-electron chi connectivity index (χ2n) is 2.10. The third-order valence-corrected chi connectivity index (χ3v) is 2.20. The minimum atomic E-state index is -2.34. The molecule has 0 saturated carbocycles. The summed E-state index contributed by atoms with van der Waals surface area (Å²) in [6.07, 6.45) is 0. The summed E-state index contributed by atoms with van der Waals surface area (Å²) in [7, 11) is 0. The van der Waals surface area contributed by atoms with Crippen molar-refractivity contribution in [2.24, 2.45) is 0 Å². The molecule has 0 fully saturated rings. The Hall–Kier alpha value is 0.260. The van der Waals surface area contributed by atoms with Gasteiger partial charge in [-0.15, -0.1) is 0 Å². The van der Waals surface area contributed by atoms with Crippen molar-refractivity contribution < 1.29 is 42.7 Å². The summed E-state index contributed by atoms with van der Waals surface area (Å²) in [5, 5.41) is 0. The molecule has 0 heterocycles. The quantitative estimate of drug-likeness (QED) is 0.400. The van der Waals surface area contributed by atoms with Crippen LogP contribution in [0.5, 0.6) is 0 Å². The Morgan fingerprint density at radius 2 is 2.08 bits per heavy atom. The van der Waals surface area contributed by atoms with Gasteiger partial charge in [0.25, 0.3) is 0 Å². The van der Waals surface area contributed by atoms with Gasteiger partial charge in [0.15, 0.2) is 0 Å². The van der Waals surface area contributed by atoms with Crippen molar-refractivity contribution in [3.05, 3.63) is 29.6 Å². The summed E-state index contributed by atoms with van der Waals surface area (Å²) in [6, 6.07) is 3.96. The minimum absolute atomic E-state index is 0. The van der Waals surface area contributed by atoms with Crippen molar-refractivity contribution in [1.82, 2.24) is 0 Å². The molecule has 12 heavy (non-hydrogen) atoms. The predicted octanol–water partition coefficient (Wildman–Crippen LogP) is -1.62. The first-order valence-electron chi connectivity index (χ1n) is 2.97. The van der Waals surface area contributed by atoms with Crippen LogP contribution in [0.15, 0.2) is 23.1 Å². The maximum absolute atomic E-state index is 12.7. The van der Waals surface area contributed by atoms with Crippen LogP contribution < -0.4 is 29.6 Å². The molecule has 1 unspecified atom stereocenters. The molecular formula is C7H6FNaO2S. The smallest absolute Gasteiger partial charge is 0.768 e. The molecule has 0 bridgehead atoms. The van der Waals surface area contributed by atoms with Gasteiger partial charge in [-0.25, -0.2) is 4.39 Å². The third-order valence-electron chi connectivity index (χ3n) is 1.40. The molecule has 0 saturated heterocycles. The Morgan fingerprint density at radius 3 is 2.50 bits per heavy atom. The molecule has 1 aromatic carbocycles. The van der Waals surface area contributed by atoms with E-state index < -0.39 is 16.9 Å². The topological polar surface area (TPSA) is 40.1 Å². The zero-order chi connectivity index (χ0) is 8.43. The first-order valence-corrected chi connectivity index (χ1v) is 4.05. The Morgan fingerprint density at radius 1 is 1.50 bits per heavy atom. The number of benzene rings is 1. The first-order chi connectivity index (χ1) is 5.13. The molecule has 2 nitrogen and oxygen atoms in total. The van der Waals surface area contributed by atoms with Gasteiger partial charge in [0, 0.05) is 4.90 Å². The molecule has 0 N–H and O–H groups in total. The van der Waals surface area contributed by atoms with Crippen LogP contribution in [0.1, 0.15) is 5.56 Å². The van der Waals surface area contributed by atoms with Crippen molar-refractivity contribution >= 4 is 11.1 Å². The fourth-order valence-corrected chi connectivity index (χ4v) is 1.31. The van der Waals surface area contributed by atoms with Gasteiger partial charge in [-0.1, -0.05) is 6.07 Å². The van der Waals surface area contributed by atoms with Gasteiger partial charge >= 0.3 is 29.6 Å². The molecule has 1 rings (SSSR count). The van der Waals surface area contributed by atoms with E-state index in [1.807, 2.05) is 0 Å². The van der Waals surface area contributed by atoms with Crippen molar-refractivity contribution in [3.8, 4) is 0 Å². The van der Waals surface area contributed by atoms with E-state index in [2.05, 4.69) is 0 Å². The molecule has 0 amide bonds. The largest absolute Gasteiger partial charge is 1.00 e. The Balaban J connectivity index is 0.00000121. The van der Waals surface area contributed by atoms with E-state index in [1.54, 1.807) is 0 Å². The molecule has 0 spiro atoms. The zero-order valence-electron chi connectivity index (χ0n) is 6.83. The maximum Gasteiger partial charge on any atom is 1.00 e. The van der Waals surface area contributed by atoms with Crippen molar-refractivity contribution in [3.63, 3.8) is 0 Å². The van der Waals surface area contributed by atoms with Crippen LogP contribution in [0.3, 0.4) is 0 Å². The number of hydrogen-bond donors (Lipinski definition) is 0. The maximum atomic E-state index is 12.7. The molecule has 60 valence electrons. The van der Waals surface area contributed by atoms with Crippen LogP contribution in [0.25, 0.3) is 0 Å². The standard InChI is InChI=1S/C7H7FO2S.Na/c1-5-6(8)3-2-4-7(5)11(9)10;/h2-4H,1H3,(H,9,10);/q;+1/p-1. The van der Waals surface area contributed by atoms with Gasteiger partial charge in [0.2, 0.25) is 0 Å². The molecule has 0 aliphatic rings. The molecule has 0 aliphatic carbocycles. The molecule has 1 atom stereocenters. The molecular weight excluding hydrogens is 190 g/mol. The number of halogens is 1. The summed E-state index contributed by atoms with van der Waals surface area (Å²) in [4.78, 5) is 0.0185. The average Bonchev–Trinajstić information content (AvgIpc) is 1.94. The summed E-state index contributed by atoms with van der Waals surface area (Å²) in [5.41, 5.74) is 0.167. The first kappa shape index (κ1) is 12.3. The van der Waals surface area contributed by atoms with Crippen LogP contribution in [-0.4, -0.2) is 8.76 Å². The van der Waals surface area contributed by atoms with E-state index >= 15 is 0 Å². The van der Waals surface area contributed by atoms with Crippen LogP contribution in [-0.2, 0) is 11.1 Å². The summed E-state index contributed by atoms with van der Waals surface area (Å²) in [5.74, 6) is -0.494. The SMILES string of the molecule is Cc1c(F)cccc1S(=O)[O-].[Na+]. The van der Waals surface area contributed by atoms with Crippen molar-refractivity contribution in [2.45, 2.75) is 11.8 Å². The summed E-state index contributed by atoms with van der Waals surface area (Å²) in [6.45, 7) is 1.43. The monoisotopic (exact) mass is 196 g/mol. The Kier molecular flexibility index (Phi) is 5.20. The van der Waals surface area contributed by atoms with Crippen molar-refractivity contribution in [1.29, 1.82) is 0 Å². The Labute approximate surface area is 94.8 Å². The van der Waals surface area contributed by atoms with Crippen LogP contribution in [0, 0.1) is 12.7 Å². The van der Waals surface area contributed by atoms with E-state index in [-0.39, 0.29) is 40.0 Å². The predicted molar refractivity (Wildman–Crippen MR) is 38.3 cm³/mol. The van der Waals surface area contributed by atoms with Crippen LogP contribution in [0.4, 0.5) is 4.39 Å². The molecule has 1 aromatic rings. The zero-order valence-corrected chi connectivity index (χ0v) is 9.65. The third kappa shape index (κ3) is 2.64. The van der Waals surface area contributed by atoms with Crippen LogP contribution >= 0.6 is 0 Å². The molecule has 0 aliphatic heterocycles. The van der Waals surface area contributed by atoms with Gasteiger partial charge in [0.05, 0.1) is 0 Å². The minimum Gasteiger partial charge on any atom is -0.768 e. The number of hydrogen-bond acceptors (Lipinski definition) is 2. The summed E-state index contributed by atoms with van der Waals surface area (Å²) >= 11 is -2.34. The van der Waals surface area contributed by atoms with E-state index in [0.717, 1.165) is 0 Å². The normalized spacial score (nSPS) is 11.9. The molecule has 0 radical (unpaired) electrons. The van der Waals surface area contributed by atoms with Gasteiger partial charge in [-0.05, 0) is 35.7 Å².